The van der Waals surface area contributed by atoms with Gasteiger partial charge in [0.1, 0.15) is 6.04 Å². The number of rotatable bonds is 6. The second-order valence-electron chi connectivity index (χ2n) is 4.06. The van der Waals surface area contributed by atoms with Crippen LogP contribution in [0.15, 0.2) is 0 Å². The summed E-state index contributed by atoms with van der Waals surface area (Å²) in [4.78, 5) is 25.4. The molecule has 1 aliphatic rings. The molecule has 5 nitrogen and oxygen atoms in total. The smallest absolute Gasteiger partial charge is 0.243 e. The molecule has 1 unspecified atom stereocenters. The molecule has 3 N–H and O–H groups in total. The summed E-state index contributed by atoms with van der Waals surface area (Å²) in [6.45, 7) is 2.95. The lowest BCUT2D eigenvalue weighted by Gasteiger charge is -2.22. The van der Waals surface area contributed by atoms with Crippen LogP contribution in [-0.4, -0.2) is 47.5 Å². The minimum atomic E-state index is -0.309. The highest BCUT2D eigenvalue weighted by atomic mass is 35.5. The lowest BCUT2D eigenvalue weighted by atomic mass is 10.2. The average molecular weight is 296 g/mol. The van der Waals surface area contributed by atoms with Crippen molar-refractivity contribution in [3.05, 3.63) is 0 Å². The van der Waals surface area contributed by atoms with Crippen LogP contribution in [0, 0.1) is 0 Å². The SMILES string of the molecule is CCCCC(=O)N1CSCC1C(=O)NCCN.Cl. The number of hydrogen-bond acceptors (Lipinski definition) is 4. The lowest BCUT2D eigenvalue weighted by molar-refractivity contribution is -0.138. The van der Waals surface area contributed by atoms with E-state index in [9.17, 15) is 9.59 Å². The minimum absolute atomic E-state index is 0. The number of thioether (sulfide) groups is 1. The Kier molecular flexibility index (Phi) is 9.23. The topological polar surface area (TPSA) is 75.4 Å². The molecule has 7 heteroatoms. The Morgan fingerprint density at radius 3 is 2.83 bits per heavy atom. The number of halogens is 1. The van der Waals surface area contributed by atoms with E-state index < -0.39 is 0 Å². The van der Waals surface area contributed by atoms with Crippen LogP contribution >= 0.6 is 24.2 Å². The maximum atomic E-state index is 11.9. The van der Waals surface area contributed by atoms with E-state index in [-0.39, 0.29) is 30.3 Å². The van der Waals surface area contributed by atoms with Gasteiger partial charge in [0.15, 0.2) is 0 Å². The van der Waals surface area contributed by atoms with E-state index in [2.05, 4.69) is 12.2 Å². The van der Waals surface area contributed by atoms with E-state index in [4.69, 9.17) is 5.73 Å². The van der Waals surface area contributed by atoms with Crippen LogP contribution in [0.1, 0.15) is 26.2 Å². The lowest BCUT2D eigenvalue weighted by Crippen LogP contribution is -2.48. The third-order valence-electron chi connectivity index (χ3n) is 2.69. The molecule has 1 heterocycles. The fraction of sp³-hybridized carbons (Fsp3) is 0.818. The zero-order valence-electron chi connectivity index (χ0n) is 10.7. The highest BCUT2D eigenvalue weighted by Gasteiger charge is 2.33. The molecule has 2 amide bonds. The summed E-state index contributed by atoms with van der Waals surface area (Å²) in [5.74, 6) is 1.33. The molecule has 0 aromatic heterocycles. The van der Waals surface area contributed by atoms with Gasteiger partial charge in [-0.25, -0.2) is 0 Å². The molecule has 1 saturated heterocycles. The van der Waals surface area contributed by atoms with Crippen molar-refractivity contribution in [3.8, 4) is 0 Å². The van der Waals surface area contributed by atoms with Crippen LogP contribution in [0.25, 0.3) is 0 Å². The fourth-order valence-electron chi connectivity index (χ4n) is 1.69. The van der Waals surface area contributed by atoms with Crippen molar-refractivity contribution in [2.75, 3.05) is 24.7 Å². The van der Waals surface area contributed by atoms with Crippen molar-refractivity contribution in [1.82, 2.24) is 10.2 Å². The van der Waals surface area contributed by atoms with Gasteiger partial charge in [-0.05, 0) is 6.42 Å². The van der Waals surface area contributed by atoms with Crippen LogP contribution in [0.5, 0.6) is 0 Å². The monoisotopic (exact) mass is 295 g/mol. The van der Waals surface area contributed by atoms with Gasteiger partial charge in [0, 0.05) is 25.3 Å². The van der Waals surface area contributed by atoms with E-state index in [1.807, 2.05) is 0 Å². The van der Waals surface area contributed by atoms with Crippen molar-refractivity contribution < 1.29 is 9.59 Å². The molecule has 1 atom stereocenters. The number of unbranched alkanes of at least 4 members (excludes halogenated alkanes) is 1. The summed E-state index contributed by atoms with van der Waals surface area (Å²) in [5, 5.41) is 2.74. The molecule has 0 spiro atoms. The van der Waals surface area contributed by atoms with Gasteiger partial charge in [-0.15, -0.1) is 24.2 Å². The predicted octanol–water partition coefficient (Wildman–Crippen LogP) is 0.575. The quantitative estimate of drug-likeness (QED) is 0.751. The van der Waals surface area contributed by atoms with Gasteiger partial charge in [0.05, 0.1) is 5.88 Å². The van der Waals surface area contributed by atoms with Gasteiger partial charge in [0.2, 0.25) is 11.8 Å². The average Bonchev–Trinajstić information content (AvgIpc) is 2.82. The minimum Gasteiger partial charge on any atom is -0.353 e. The maximum Gasteiger partial charge on any atom is 0.243 e. The van der Waals surface area contributed by atoms with Crippen molar-refractivity contribution >= 4 is 36.0 Å². The van der Waals surface area contributed by atoms with E-state index in [1.54, 1.807) is 16.7 Å². The van der Waals surface area contributed by atoms with Gasteiger partial charge < -0.3 is 16.0 Å². The van der Waals surface area contributed by atoms with Gasteiger partial charge in [-0.3, -0.25) is 9.59 Å². The first kappa shape index (κ1) is 17.5. The molecule has 0 aliphatic carbocycles. The first-order valence-corrected chi connectivity index (χ1v) is 7.21. The molecule has 0 radical (unpaired) electrons. The summed E-state index contributed by atoms with van der Waals surface area (Å²) in [6, 6.07) is -0.309. The second kappa shape index (κ2) is 9.47. The van der Waals surface area contributed by atoms with Crippen molar-refractivity contribution in [3.63, 3.8) is 0 Å². The third kappa shape index (κ3) is 5.04. The van der Waals surface area contributed by atoms with E-state index in [0.717, 1.165) is 12.8 Å². The first-order valence-electron chi connectivity index (χ1n) is 6.05. The summed E-state index contributed by atoms with van der Waals surface area (Å²) in [7, 11) is 0. The predicted molar refractivity (Wildman–Crippen MR) is 76.8 cm³/mol. The van der Waals surface area contributed by atoms with Crippen molar-refractivity contribution in [2.24, 2.45) is 5.73 Å². The van der Waals surface area contributed by atoms with E-state index in [1.165, 1.54) is 0 Å². The Labute approximate surface area is 119 Å². The molecule has 0 aromatic carbocycles. The molecule has 0 saturated carbocycles. The summed E-state index contributed by atoms with van der Waals surface area (Å²) < 4.78 is 0. The number of amides is 2. The Bertz CT molecular complexity index is 253. The zero-order valence-corrected chi connectivity index (χ0v) is 12.3. The molecule has 106 valence electrons. The second-order valence-corrected chi connectivity index (χ2v) is 5.06. The molecule has 1 rings (SSSR count). The van der Waals surface area contributed by atoms with E-state index >= 15 is 0 Å². The molecule has 1 fully saturated rings. The molecule has 0 aromatic rings. The Morgan fingerprint density at radius 1 is 1.50 bits per heavy atom. The Morgan fingerprint density at radius 2 is 2.22 bits per heavy atom. The number of carbonyl (C=O) groups excluding carboxylic acids is 2. The largest absolute Gasteiger partial charge is 0.353 e. The number of carbonyl (C=O) groups is 2. The maximum absolute atomic E-state index is 11.9. The summed E-state index contributed by atoms with van der Waals surface area (Å²) >= 11 is 1.63. The molecular formula is C11H22ClN3O2S. The van der Waals surface area contributed by atoms with Gasteiger partial charge in [0.25, 0.3) is 0 Å². The van der Waals surface area contributed by atoms with Crippen LogP contribution in [-0.2, 0) is 9.59 Å². The number of nitrogens with one attached hydrogen (secondary N) is 1. The first-order chi connectivity index (χ1) is 8.20. The van der Waals surface area contributed by atoms with Gasteiger partial charge >= 0.3 is 0 Å². The molecule has 1 aliphatic heterocycles. The molecule has 0 bridgehead atoms. The van der Waals surface area contributed by atoms with Crippen LogP contribution in [0.3, 0.4) is 0 Å². The normalized spacial score (nSPS) is 18.3. The molecule has 18 heavy (non-hydrogen) atoms. The molecular weight excluding hydrogens is 274 g/mol. The highest BCUT2D eigenvalue weighted by Crippen LogP contribution is 2.22. The van der Waals surface area contributed by atoms with Crippen molar-refractivity contribution in [1.29, 1.82) is 0 Å². The van der Waals surface area contributed by atoms with Gasteiger partial charge in [-0.2, -0.15) is 0 Å². The number of nitrogens with two attached hydrogens (primary N) is 1. The number of hydrogen-bond donors (Lipinski definition) is 2. The van der Waals surface area contributed by atoms with Crippen LogP contribution in [0.4, 0.5) is 0 Å². The third-order valence-corrected chi connectivity index (χ3v) is 3.71. The van der Waals surface area contributed by atoms with E-state index in [0.29, 0.717) is 31.1 Å². The summed E-state index contributed by atoms with van der Waals surface area (Å²) in [5.41, 5.74) is 5.34. The summed E-state index contributed by atoms with van der Waals surface area (Å²) in [6.07, 6.45) is 2.42. The highest BCUT2D eigenvalue weighted by molar-refractivity contribution is 7.99. The number of nitrogens with zero attached hydrogens (tertiary/aromatic N) is 1. The standard InChI is InChI=1S/C11H21N3O2S.ClH/c1-2-3-4-10(15)14-8-17-7-9(14)11(16)13-6-5-12;/h9H,2-8,12H2,1H3,(H,13,16);1H. The van der Waals surface area contributed by atoms with Crippen molar-refractivity contribution in [2.45, 2.75) is 32.2 Å². The Balaban J connectivity index is 0.00000289. The van der Waals surface area contributed by atoms with Gasteiger partial charge in [-0.1, -0.05) is 13.3 Å². The zero-order chi connectivity index (χ0) is 12.7. The van der Waals surface area contributed by atoms with Crippen LogP contribution in [0.2, 0.25) is 0 Å². The van der Waals surface area contributed by atoms with Crippen LogP contribution < -0.4 is 11.1 Å². The Hall–Kier alpha value is -0.460. The fourth-order valence-corrected chi connectivity index (χ4v) is 2.87.